The second-order valence-electron chi connectivity index (χ2n) is 4.90. The normalized spacial score (nSPS) is 28.7. The van der Waals surface area contributed by atoms with Crippen molar-refractivity contribution in [2.75, 3.05) is 5.32 Å². The van der Waals surface area contributed by atoms with E-state index in [0.29, 0.717) is 22.0 Å². The molecule has 1 aromatic rings. The molecule has 1 fully saturated rings. The number of nitriles is 1. The number of aromatic nitrogens is 1. The average Bonchev–Trinajstić information content (AvgIpc) is 2.63. The minimum Gasteiger partial charge on any atom is -0.358 e. The molecule has 3 nitrogen and oxygen atoms in total. The van der Waals surface area contributed by atoms with E-state index in [9.17, 15) is 0 Å². The molecule has 1 heterocycles. The minimum absolute atomic E-state index is 0.317. The molecule has 1 aliphatic carbocycles. The van der Waals surface area contributed by atoms with Crippen LogP contribution in [-0.4, -0.2) is 11.0 Å². The molecule has 0 aliphatic heterocycles. The number of anilines is 1. The number of hydrogen-bond donors (Lipinski definition) is 1. The zero-order chi connectivity index (χ0) is 12.4. The van der Waals surface area contributed by atoms with Gasteiger partial charge in [0.25, 0.3) is 0 Å². The number of halogens is 1. The fourth-order valence-electron chi connectivity index (χ4n) is 2.47. The van der Waals surface area contributed by atoms with Crippen LogP contribution < -0.4 is 5.32 Å². The maximum absolute atomic E-state index is 8.83. The van der Waals surface area contributed by atoms with E-state index >= 15 is 0 Å². The van der Waals surface area contributed by atoms with Crippen LogP contribution in [-0.2, 0) is 0 Å². The largest absolute Gasteiger partial charge is 0.358 e. The van der Waals surface area contributed by atoms with Crippen LogP contribution in [0.5, 0.6) is 0 Å². The second-order valence-corrected chi connectivity index (χ2v) is 6.25. The van der Waals surface area contributed by atoms with Crippen molar-refractivity contribution < 1.29 is 0 Å². The summed E-state index contributed by atoms with van der Waals surface area (Å²) >= 11 is 7.20. The van der Waals surface area contributed by atoms with Gasteiger partial charge in [-0.15, -0.1) is 0 Å². The Bertz CT molecular complexity index is 437. The molecule has 1 N–H and O–H groups in total. The Morgan fingerprint density at radius 1 is 1.47 bits per heavy atom. The number of hydrogen-bond acceptors (Lipinski definition) is 4. The number of nitrogens with zero attached hydrogens (tertiary/aromatic N) is 2. The summed E-state index contributed by atoms with van der Waals surface area (Å²) in [7, 11) is 0. The van der Waals surface area contributed by atoms with Crippen LogP contribution in [0.1, 0.15) is 38.0 Å². The van der Waals surface area contributed by atoms with Gasteiger partial charge in [-0.1, -0.05) is 36.8 Å². The molecule has 17 heavy (non-hydrogen) atoms. The lowest BCUT2D eigenvalue weighted by Crippen LogP contribution is -2.32. The molecule has 0 bridgehead atoms. The second kappa shape index (κ2) is 5.24. The van der Waals surface area contributed by atoms with Gasteiger partial charge in [0.1, 0.15) is 10.9 Å². The van der Waals surface area contributed by atoms with Gasteiger partial charge in [-0.3, -0.25) is 0 Å². The van der Waals surface area contributed by atoms with Crippen LogP contribution in [0, 0.1) is 23.2 Å². The lowest BCUT2D eigenvalue weighted by Gasteiger charge is -2.32. The van der Waals surface area contributed by atoms with E-state index in [1.54, 1.807) is 0 Å². The van der Waals surface area contributed by atoms with Crippen molar-refractivity contribution in [3.63, 3.8) is 0 Å². The average molecular weight is 270 g/mol. The van der Waals surface area contributed by atoms with Crippen LogP contribution in [0.4, 0.5) is 5.13 Å². The van der Waals surface area contributed by atoms with Crippen molar-refractivity contribution in [2.45, 2.75) is 39.2 Å². The van der Waals surface area contributed by atoms with Gasteiger partial charge in [0, 0.05) is 6.04 Å². The standard InChI is InChI=1S/C12H16ClN3S/c1-7-3-4-9(8(2)5-7)15-12-16-11(13)10(6-14)17-12/h7-9H,3-5H2,1-2H3,(H,15,16). The maximum atomic E-state index is 8.83. The Labute approximate surface area is 111 Å². The van der Waals surface area contributed by atoms with Crippen molar-refractivity contribution >= 4 is 28.1 Å². The molecule has 0 radical (unpaired) electrons. The van der Waals surface area contributed by atoms with E-state index in [1.807, 2.05) is 0 Å². The van der Waals surface area contributed by atoms with E-state index in [4.69, 9.17) is 16.9 Å². The van der Waals surface area contributed by atoms with Crippen LogP contribution in [0.2, 0.25) is 5.15 Å². The summed E-state index contributed by atoms with van der Waals surface area (Å²) in [6.07, 6.45) is 3.68. The molecule has 1 saturated carbocycles. The molecule has 5 heteroatoms. The van der Waals surface area contributed by atoms with Crippen LogP contribution >= 0.6 is 22.9 Å². The van der Waals surface area contributed by atoms with Gasteiger partial charge in [-0.2, -0.15) is 5.26 Å². The van der Waals surface area contributed by atoms with Crippen molar-refractivity contribution in [1.82, 2.24) is 4.98 Å². The predicted octanol–water partition coefficient (Wildman–Crippen LogP) is 3.90. The van der Waals surface area contributed by atoms with Gasteiger partial charge < -0.3 is 5.32 Å². The molecule has 2 rings (SSSR count). The molecule has 3 unspecified atom stereocenters. The van der Waals surface area contributed by atoms with Crippen molar-refractivity contribution in [3.8, 4) is 6.07 Å². The monoisotopic (exact) mass is 269 g/mol. The first-order chi connectivity index (χ1) is 8.10. The Kier molecular flexibility index (Phi) is 3.90. The highest BCUT2D eigenvalue weighted by molar-refractivity contribution is 7.16. The first kappa shape index (κ1) is 12.7. The van der Waals surface area contributed by atoms with Gasteiger partial charge in [-0.05, 0) is 31.1 Å². The maximum Gasteiger partial charge on any atom is 0.185 e. The SMILES string of the molecule is CC1CCC(Nc2nc(Cl)c(C#N)s2)C(C)C1. The number of thiazole rings is 1. The first-order valence-corrected chi connectivity index (χ1v) is 7.12. The quantitative estimate of drug-likeness (QED) is 0.886. The molecule has 92 valence electrons. The molecule has 0 spiro atoms. The Morgan fingerprint density at radius 2 is 2.24 bits per heavy atom. The molecule has 0 saturated heterocycles. The summed E-state index contributed by atoms with van der Waals surface area (Å²) in [6, 6.07) is 2.51. The third kappa shape index (κ3) is 2.91. The molecular weight excluding hydrogens is 254 g/mol. The Balaban J connectivity index is 2.03. The van der Waals surface area contributed by atoms with Crippen molar-refractivity contribution in [2.24, 2.45) is 11.8 Å². The zero-order valence-electron chi connectivity index (χ0n) is 10.0. The fourth-order valence-corrected chi connectivity index (χ4v) is 3.48. The summed E-state index contributed by atoms with van der Waals surface area (Å²) in [5.41, 5.74) is 0. The molecule has 1 aliphatic rings. The van der Waals surface area contributed by atoms with Crippen LogP contribution in [0.15, 0.2) is 0 Å². The van der Waals surface area contributed by atoms with Gasteiger partial charge in [0.05, 0.1) is 0 Å². The van der Waals surface area contributed by atoms with Crippen LogP contribution in [0.3, 0.4) is 0 Å². The molecule has 3 atom stereocenters. The predicted molar refractivity (Wildman–Crippen MR) is 71.4 cm³/mol. The van der Waals surface area contributed by atoms with E-state index in [1.165, 1.54) is 30.6 Å². The Hall–Kier alpha value is -0.790. The molecule has 0 amide bonds. The smallest absolute Gasteiger partial charge is 0.185 e. The highest BCUT2D eigenvalue weighted by Gasteiger charge is 2.26. The van der Waals surface area contributed by atoms with Crippen molar-refractivity contribution in [3.05, 3.63) is 10.0 Å². The summed E-state index contributed by atoms with van der Waals surface area (Å²) in [5, 5.41) is 13.3. The summed E-state index contributed by atoms with van der Waals surface area (Å²) in [5.74, 6) is 1.46. The van der Waals surface area contributed by atoms with E-state index < -0.39 is 0 Å². The Morgan fingerprint density at radius 3 is 2.82 bits per heavy atom. The zero-order valence-corrected chi connectivity index (χ0v) is 11.6. The third-order valence-corrected chi connectivity index (χ3v) is 4.70. The van der Waals surface area contributed by atoms with Gasteiger partial charge >= 0.3 is 0 Å². The summed E-state index contributed by atoms with van der Waals surface area (Å²) in [4.78, 5) is 4.67. The molecular formula is C12H16ClN3S. The van der Waals surface area contributed by atoms with E-state index in [-0.39, 0.29) is 0 Å². The summed E-state index contributed by atoms with van der Waals surface area (Å²) in [6.45, 7) is 4.58. The lowest BCUT2D eigenvalue weighted by atomic mass is 9.80. The van der Waals surface area contributed by atoms with Gasteiger partial charge in [-0.25, -0.2) is 4.98 Å². The third-order valence-electron chi connectivity index (χ3n) is 3.43. The van der Waals surface area contributed by atoms with Crippen molar-refractivity contribution in [1.29, 1.82) is 5.26 Å². The fraction of sp³-hybridized carbons (Fsp3) is 0.667. The van der Waals surface area contributed by atoms with Gasteiger partial charge in [0.15, 0.2) is 10.3 Å². The van der Waals surface area contributed by atoms with Gasteiger partial charge in [0.2, 0.25) is 0 Å². The van der Waals surface area contributed by atoms with E-state index in [2.05, 4.69) is 30.2 Å². The number of rotatable bonds is 2. The molecule has 0 aromatic carbocycles. The lowest BCUT2D eigenvalue weighted by molar-refractivity contribution is 0.276. The molecule has 1 aromatic heterocycles. The summed E-state index contributed by atoms with van der Waals surface area (Å²) < 4.78 is 0. The van der Waals surface area contributed by atoms with E-state index in [0.717, 1.165) is 11.0 Å². The topological polar surface area (TPSA) is 48.7 Å². The highest BCUT2D eigenvalue weighted by Crippen LogP contribution is 2.33. The first-order valence-electron chi connectivity index (χ1n) is 5.93. The van der Waals surface area contributed by atoms with Crippen LogP contribution in [0.25, 0.3) is 0 Å². The number of nitrogens with one attached hydrogen (secondary N) is 1. The minimum atomic E-state index is 0.317. The highest BCUT2D eigenvalue weighted by atomic mass is 35.5.